The third-order valence-corrected chi connectivity index (χ3v) is 3.66. The molecule has 2 unspecified atom stereocenters. The van der Waals surface area contributed by atoms with Crippen molar-refractivity contribution in [3.05, 3.63) is 29.6 Å². The Balaban J connectivity index is 2.08. The maximum atomic E-state index is 4.50. The van der Waals surface area contributed by atoms with Crippen LogP contribution >= 0.6 is 0 Å². The van der Waals surface area contributed by atoms with E-state index in [-0.39, 0.29) is 0 Å². The van der Waals surface area contributed by atoms with Crippen molar-refractivity contribution in [1.29, 1.82) is 0 Å². The molecule has 1 aromatic heterocycles. The number of hydrogen-bond donors (Lipinski definition) is 1. The summed E-state index contributed by atoms with van der Waals surface area (Å²) in [5.74, 6) is 0. The van der Waals surface area contributed by atoms with Gasteiger partial charge in [-0.25, -0.2) is 0 Å². The molecule has 2 atom stereocenters. The Kier molecular flexibility index (Phi) is 4.13. The molecule has 0 saturated carbocycles. The van der Waals surface area contributed by atoms with Crippen LogP contribution in [0.4, 0.5) is 0 Å². The number of pyridine rings is 1. The van der Waals surface area contributed by atoms with Gasteiger partial charge in [0.15, 0.2) is 0 Å². The Labute approximate surface area is 104 Å². The molecule has 1 saturated heterocycles. The van der Waals surface area contributed by atoms with Crippen molar-refractivity contribution in [2.75, 3.05) is 13.1 Å². The Morgan fingerprint density at radius 2 is 2.29 bits per heavy atom. The fourth-order valence-electron chi connectivity index (χ4n) is 2.41. The zero-order valence-corrected chi connectivity index (χ0v) is 11.1. The lowest BCUT2D eigenvalue weighted by Gasteiger charge is -2.28. The summed E-state index contributed by atoms with van der Waals surface area (Å²) in [6, 6.07) is 5.36. The lowest BCUT2D eigenvalue weighted by atomic mass is 10.1. The Morgan fingerprint density at radius 3 is 3.06 bits per heavy atom. The molecule has 1 aromatic rings. The maximum Gasteiger partial charge on any atom is 0.0573 e. The average Bonchev–Trinajstić information content (AvgIpc) is 2.45. The first-order valence-electron chi connectivity index (χ1n) is 6.54. The largest absolute Gasteiger partial charge is 0.313 e. The lowest BCUT2D eigenvalue weighted by molar-refractivity contribution is 0.196. The number of nitrogens with zero attached hydrogens (tertiary/aromatic N) is 2. The molecule has 3 heteroatoms. The van der Waals surface area contributed by atoms with Gasteiger partial charge in [-0.2, -0.15) is 0 Å². The first-order valence-corrected chi connectivity index (χ1v) is 6.54. The summed E-state index contributed by atoms with van der Waals surface area (Å²) in [6.07, 6.45) is 3.11. The van der Waals surface area contributed by atoms with Crippen LogP contribution < -0.4 is 5.32 Å². The highest BCUT2D eigenvalue weighted by molar-refractivity contribution is 5.17. The summed E-state index contributed by atoms with van der Waals surface area (Å²) in [5.41, 5.74) is 2.51. The van der Waals surface area contributed by atoms with Gasteiger partial charge < -0.3 is 5.32 Å². The van der Waals surface area contributed by atoms with E-state index in [4.69, 9.17) is 0 Å². The van der Waals surface area contributed by atoms with Crippen LogP contribution in [0.2, 0.25) is 0 Å². The standard InChI is InChI=1S/C14H23N3/c1-11-5-4-7-16-14(11)10-17-9-12(2)15-8-6-13(17)3/h4-5,7,12-13,15H,6,8-10H2,1-3H3. The van der Waals surface area contributed by atoms with Crippen molar-refractivity contribution in [3.63, 3.8) is 0 Å². The van der Waals surface area contributed by atoms with Crippen LogP contribution in [0, 0.1) is 6.92 Å². The molecule has 0 radical (unpaired) electrons. The van der Waals surface area contributed by atoms with Gasteiger partial charge in [-0.1, -0.05) is 6.07 Å². The molecule has 2 heterocycles. The Bertz CT molecular complexity index is 364. The van der Waals surface area contributed by atoms with Crippen molar-refractivity contribution >= 4 is 0 Å². The fraction of sp³-hybridized carbons (Fsp3) is 0.643. The predicted molar refractivity (Wildman–Crippen MR) is 70.9 cm³/mol. The zero-order valence-electron chi connectivity index (χ0n) is 11.1. The van der Waals surface area contributed by atoms with Gasteiger partial charge in [0.2, 0.25) is 0 Å². The minimum absolute atomic E-state index is 0.573. The van der Waals surface area contributed by atoms with E-state index in [9.17, 15) is 0 Å². The molecule has 0 aliphatic carbocycles. The average molecular weight is 233 g/mol. The highest BCUT2D eigenvalue weighted by Gasteiger charge is 2.21. The van der Waals surface area contributed by atoms with Gasteiger partial charge in [0.25, 0.3) is 0 Å². The molecular weight excluding hydrogens is 210 g/mol. The van der Waals surface area contributed by atoms with E-state index in [2.05, 4.69) is 42.0 Å². The Hall–Kier alpha value is -0.930. The SMILES string of the molecule is Cc1cccnc1CN1CC(C)NCCC1C. The number of hydrogen-bond acceptors (Lipinski definition) is 3. The van der Waals surface area contributed by atoms with Gasteiger partial charge in [-0.15, -0.1) is 0 Å². The Morgan fingerprint density at radius 1 is 1.47 bits per heavy atom. The van der Waals surface area contributed by atoms with E-state index >= 15 is 0 Å². The molecule has 0 spiro atoms. The smallest absolute Gasteiger partial charge is 0.0573 e. The van der Waals surface area contributed by atoms with Gasteiger partial charge >= 0.3 is 0 Å². The number of aryl methyl sites for hydroxylation is 1. The number of rotatable bonds is 2. The summed E-state index contributed by atoms with van der Waals surface area (Å²) in [5, 5.41) is 3.54. The molecule has 3 nitrogen and oxygen atoms in total. The van der Waals surface area contributed by atoms with Crippen LogP contribution in [0.1, 0.15) is 31.5 Å². The summed E-state index contributed by atoms with van der Waals surface area (Å²) >= 11 is 0. The minimum Gasteiger partial charge on any atom is -0.313 e. The second-order valence-electron chi connectivity index (χ2n) is 5.19. The van der Waals surface area contributed by atoms with Crippen molar-refractivity contribution in [2.24, 2.45) is 0 Å². The van der Waals surface area contributed by atoms with E-state index in [1.54, 1.807) is 0 Å². The van der Waals surface area contributed by atoms with Crippen molar-refractivity contribution in [3.8, 4) is 0 Å². The normalized spacial score (nSPS) is 26.8. The maximum absolute atomic E-state index is 4.50. The molecular formula is C14H23N3. The van der Waals surface area contributed by atoms with Crippen molar-refractivity contribution in [2.45, 2.75) is 45.8 Å². The first-order chi connectivity index (χ1) is 8.16. The molecule has 2 rings (SSSR count). The quantitative estimate of drug-likeness (QED) is 0.846. The summed E-state index contributed by atoms with van der Waals surface area (Å²) in [7, 11) is 0. The molecule has 1 aliphatic heterocycles. The van der Waals surface area contributed by atoms with E-state index in [0.29, 0.717) is 12.1 Å². The van der Waals surface area contributed by atoms with Crippen LogP contribution in [0.5, 0.6) is 0 Å². The molecule has 1 N–H and O–H groups in total. The van der Waals surface area contributed by atoms with Crippen molar-refractivity contribution < 1.29 is 0 Å². The van der Waals surface area contributed by atoms with Gasteiger partial charge in [-0.05, 0) is 45.4 Å². The third kappa shape index (κ3) is 3.27. The zero-order chi connectivity index (χ0) is 12.3. The van der Waals surface area contributed by atoms with Crippen LogP contribution in [0.15, 0.2) is 18.3 Å². The summed E-state index contributed by atoms with van der Waals surface area (Å²) in [4.78, 5) is 7.04. The van der Waals surface area contributed by atoms with Crippen LogP contribution in [0.25, 0.3) is 0 Å². The monoisotopic (exact) mass is 233 g/mol. The summed E-state index contributed by atoms with van der Waals surface area (Å²) < 4.78 is 0. The van der Waals surface area contributed by atoms with Gasteiger partial charge in [-0.3, -0.25) is 9.88 Å². The first kappa shape index (κ1) is 12.5. The number of nitrogens with one attached hydrogen (secondary N) is 1. The second kappa shape index (κ2) is 5.61. The van der Waals surface area contributed by atoms with Crippen molar-refractivity contribution in [1.82, 2.24) is 15.2 Å². The minimum atomic E-state index is 0.573. The van der Waals surface area contributed by atoms with Gasteiger partial charge in [0, 0.05) is 31.4 Å². The fourth-order valence-corrected chi connectivity index (χ4v) is 2.41. The topological polar surface area (TPSA) is 28.2 Å². The van der Waals surface area contributed by atoms with Gasteiger partial charge in [0.05, 0.1) is 5.69 Å². The van der Waals surface area contributed by atoms with E-state index in [1.807, 2.05) is 12.3 Å². The molecule has 17 heavy (non-hydrogen) atoms. The van der Waals surface area contributed by atoms with E-state index in [1.165, 1.54) is 17.7 Å². The molecule has 0 bridgehead atoms. The van der Waals surface area contributed by atoms with Crippen LogP contribution in [-0.2, 0) is 6.54 Å². The summed E-state index contributed by atoms with van der Waals surface area (Å²) in [6.45, 7) is 9.93. The molecule has 1 aliphatic rings. The second-order valence-corrected chi connectivity index (χ2v) is 5.19. The van der Waals surface area contributed by atoms with E-state index < -0.39 is 0 Å². The highest BCUT2D eigenvalue weighted by atomic mass is 15.2. The van der Waals surface area contributed by atoms with Crippen LogP contribution in [-0.4, -0.2) is 35.1 Å². The molecule has 0 aromatic carbocycles. The number of aromatic nitrogens is 1. The third-order valence-electron chi connectivity index (χ3n) is 3.66. The predicted octanol–water partition coefficient (Wildman–Crippen LogP) is 1.96. The molecule has 1 fully saturated rings. The van der Waals surface area contributed by atoms with Gasteiger partial charge in [0.1, 0.15) is 0 Å². The lowest BCUT2D eigenvalue weighted by Crippen LogP contribution is -2.38. The highest BCUT2D eigenvalue weighted by Crippen LogP contribution is 2.14. The molecule has 94 valence electrons. The van der Waals surface area contributed by atoms with E-state index in [0.717, 1.165) is 19.6 Å². The van der Waals surface area contributed by atoms with Crippen LogP contribution in [0.3, 0.4) is 0 Å². The molecule has 0 amide bonds.